The lowest BCUT2D eigenvalue weighted by Crippen LogP contribution is -2.04. The number of nitrogens with zero attached hydrogens (tertiary/aromatic N) is 1. The number of hydrogen-bond acceptors (Lipinski definition) is 4. The van der Waals surface area contributed by atoms with Crippen molar-refractivity contribution in [3.63, 3.8) is 0 Å². The van der Waals surface area contributed by atoms with Crippen molar-refractivity contribution in [1.82, 2.24) is 10.3 Å². The molecule has 0 fully saturated rings. The van der Waals surface area contributed by atoms with Crippen molar-refractivity contribution in [2.24, 2.45) is 5.73 Å². The van der Waals surface area contributed by atoms with Gasteiger partial charge in [0.05, 0.1) is 12.2 Å². The molecule has 0 radical (unpaired) electrons. The van der Waals surface area contributed by atoms with Gasteiger partial charge in [0.1, 0.15) is 5.76 Å². The third kappa shape index (κ3) is 1.35. The molecule has 4 nitrogen and oxygen atoms in total. The summed E-state index contributed by atoms with van der Waals surface area (Å²) in [6, 6.07) is 0. The van der Waals surface area contributed by atoms with Crippen molar-refractivity contribution in [2.45, 2.75) is 25.9 Å². The van der Waals surface area contributed by atoms with Crippen LogP contribution in [0.4, 0.5) is 0 Å². The molecule has 3 N–H and O–H groups in total. The molecule has 2 heterocycles. The molecule has 0 spiro atoms. The molecule has 0 unspecified atom stereocenters. The number of aromatic nitrogens is 1. The van der Waals surface area contributed by atoms with E-state index < -0.39 is 0 Å². The summed E-state index contributed by atoms with van der Waals surface area (Å²) in [5.74, 6) is 1.84. The van der Waals surface area contributed by atoms with Crippen LogP contribution >= 0.6 is 0 Å². The van der Waals surface area contributed by atoms with E-state index in [0.29, 0.717) is 6.54 Å². The lowest BCUT2D eigenvalue weighted by atomic mass is 10.3. The Morgan fingerprint density at radius 3 is 3.17 bits per heavy atom. The Morgan fingerprint density at radius 1 is 1.50 bits per heavy atom. The van der Waals surface area contributed by atoms with E-state index in [0.717, 1.165) is 43.3 Å². The van der Waals surface area contributed by atoms with Gasteiger partial charge in [-0.05, 0) is 13.0 Å². The smallest absolute Gasteiger partial charge is 0.194 e. The maximum absolute atomic E-state index is 5.50. The van der Waals surface area contributed by atoms with Gasteiger partial charge in [0.2, 0.25) is 0 Å². The number of rotatable bonds is 3. The van der Waals surface area contributed by atoms with Crippen LogP contribution in [0, 0.1) is 0 Å². The van der Waals surface area contributed by atoms with Gasteiger partial charge in [-0.1, -0.05) is 0 Å². The molecule has 12 heavy (non-hydrogen) atoms. The van der Waals surface area contributed by atoms with Crippen LogP contribution in [-0.2, 0) is 19.5 Å². The van der Waals surface area contributed by atoms with Gasteiger partial charge in [0.25, 0.3) is 0 Å². The van der Waals surface area contributed by atoms with Crippen LogP contribution in [0.15, 0.2) is 4.42 Å². The Kier molecular flexibility index (Phi) is 2.10. The fraction of sp³-hybridized carbons (Fsp3) is 0.625. The van der Waals surface area contributed by atoms with Gasteiger partial charge in [-0.15, -0.1) is 0 Å². The summed E-state index contributed by atoms with van der Waals surface area (Å²) < 4.78 is 5.50. The Balaban J connectivity index is 2.05. The largest absolute Gasteiger partial charge is 0.444 e. The molecule has 0 atom stereocenters. The van der Waals surface area contributed by atoms with Gasteiger partial charge in [0.15, 0.2) is 5.89 Å². The predicted molar refractivity (Wildman–Crippen MR) is 44.4 cm³/mol. The topological polar surface area (TPSA) is 64.1 Å². The Bertz CT molecular complexity index is 248. The predicted octanol–water partition coefficient (Wildman–Crippen LogP) is 0.169. The molecule has 66 valence electrons. The van der Waals surface area contributed by atoms with Crippen LogP contribution < -0.4 is 11.1 Å². The highest BCUT2D eigenvalue weighted by atomic mass is 16.4. The van der Waals surface area contributed by atoms with Crippen molar-refractivity contribution in [3.05, 3.63) is 17.3 Å². The van der Waals surface area contributed by atoms with Gasteiger partial charge in [-0.3, -0.25) is 0 Å². The van der Waals surface area contributed by atoms with Crippen molar-refractivity contribution < 1.29 is 4.42 Å². The summed E-state index contributed by atoms with van der Waals surface area (Å²) in [5, 5.41) is 3.17. The third-order valence-corrected chi connectivity index (χ3v) is 2.00. The van der Waals surface area contributed by atoms with Crippen LogP contribution in [0.25, 0.3) is 0 Å². The summed E-state index contributed by atoms with van der Waals surface area (Å²) in [6.07, 6.45) is 1.82. The van der Waals surface area contributed by atoms with E-state index in [4.69, 9.17) is 10.2 Å². The average molecular weight is 167 g/mol. The normalized spacial score (nSPS) is 15.1. The lowest BCUT2D eigenvalue weighted by molar-refractivity contribution is 0.445. The first kappa shape index (κ1) is 7.76. The van der Waals surface area contributed by atoms with Gasteiger partial charge < -0.3 is 15.5 Å². The van der Waals surface area contributed by atoms with E-state index in [1.165, 1.54) is 0 Å². The molecule has 1 aliphatic heterocycles. The third-order valence-electron chi connectivity index (χ3n) is 2.00. The zero-order valence-electron chi connectivity index (χ0n) is 6.97. The highest BCUT2D eigenvalue weighted by Gasteiger charge is 2.17. The van der Waals surface area contributed by atoms with Crippen LogP contribution in [0.5, 0.6) is 0 Å². The molecule has 0 aliphatic carbocycles. The van der Waals surface area contributed by atoms with Gasteiger partial charge >= 0.3 is 0 Å². The standard InChI is InChI=1S/C8H13N3O/c9-3-1-2-8-11-6-4-10-5-7(6)12-8/h10H,1-5,9H2. The molecule has 0 saturated heterocycles. The number of hydrogen-bond donors (Lipinski definition) is 2. The van der Waals surface area contributed by atoms with E-state index in [1.807, 2.05) is 0 Å². The van der Waals surface area contributed by atoms with Gasteiger partial charge in [-0.2, -0.15) is 0 Å². The second-order valence-electron chi connectivity index (χ2n) is 2.97. The van der Waals surface area contributed by atoms with Crippen LogP contribution in [-0.4, -0.2) is 11.5 Å². The summed E-state index contributed by atoms with van der Waals surface area (Å²) in [5.41, 5.74) is 6.46. The average Bonchev–Trinajstić information content (AvgIpc) is 2.58. The molecular weight excluding hydrogens is 154 g/mol. The number of nitrogens with one attached hydrogen (secondary N) is 1. The highest BCUT2D eigenvalue weighted by molar-refractivity contribution is 5.14. The summed E-state index contributed by atoms with van der Waals surface area (Å²) >= 11 is 0. The second kappa shape index (κ2) is 3.25. The van der Waals surface area contributed by atoms with Crippen molar-refractivity contribution in [1.29, 1.82) is 0 Å². The van der Waals surface area contributed by atoms with Gasteiger partial charge in [-0.25, -0.2) is 4.98 Å². The quantitative estimate of drug-likeness (QED) is 0.673. The highest BCUT2D eigenvalue weighted by Crippen LogP contribution is 2.16. The fourth-order valence-corrected chi connectivity index (χ4v) is 1.37. The van der Waals surface area contributed by atoms with E-state index in [1.54, 1.807) is 0 Å². The lowest BCUT2D eigenvalue weighted by Gasteiger charge is -1.92. The molecule has 1 aliphatic rings. The summed E-state index contributed by atoms with van der Waals surface area (Å²) in [4.78, 5) is 4.34. The zero-order chi connectivity index (χ0) is 8.39. The van der Waals surface area contributed by atoms with Crippen molar-refractivity contribution in [2.75, 3.05) is 6.54 Å². The minimum Gasteiger partial charge on any atom is -0.444 e. The number of fused-ring (bicyclic) bond motifs is 1. The second-order valence-corrected chi connectivity index (χ2v) is 2.97. The van der Waals surface area contributed by atoms with E-state index in [9.17, 15) is 0 Å². The molecule has 4 heteroatoms. The van der Waals surface area contributed by atoms with Gasteiger partial charge in [0, 0.05) is 13.0 Å². The number of aryl methyl sites for hydroxylation is 1. The van der Waals surface area contributed by atoms with Crippen LogP contribution in [0.2, 0.25) is 0 Å². The number of oxazole rings is 1. The Morgan fingerprint density at radius 2 is 2.42 bits per heavy atom. The van der Waals surface area contributed by atoms with E-state index in [2.05, 4.69) is 10.3 Å². The van der Waals surface area contributed by atoms with Crippen molar-refractivity contribution >= 4 is 0 Å². The first-order chi connectivity index (χ1) is 5.90. The SMILES string of the molecule is NCCCc1nc2c(o1)CNC2. The summed E-state index contributed by atoms with van der Waals surface area (Å²) in [6.45, 7) is 2.37. The zero-order valence-corrected chi connectivity index (χ0v) is 6.97. The minimum atomic E-state index is 0.700. The molecular formula is C8H13N3O. The van der Waals surface area contributed by atoms with Crippen molar-refractivity contribution in [3.8, 4) is 0 Å². The van der Waals surface area contributed by atoms with E-state index >= 15 is 0 Å². The van der Waals surface area contributed by atoms with E-state index in [-0.39, 0.29) is 0 Å². The van der Waals surface area contributed by atoms with Crippen LogP contribution in [0.1, 0.15) is 23.8 Å². The first-order valence-corrected chi connectivity index (χ1v) is 4.28. The summed E-state index contributed by atoms with van der Waals surface area (Å²) in [7, 11) is 0. The Labute approximate surface area is 71.2 Å². The monoisotopic (exact) mass is 167 g/mol. The fourth-order valence-electron chi connectivity index (χ4n) is 1.37. The first-order valence-electron chi connectivity index (χ1n) is 4.28. The molecule has 2 rings (SSSR count). The molecule has 0 aromatic carbocycles. The molecule has 0 saturated carbocycles. The molecule has 1 aromatic heterocycles. The number of nitrogens with two attached hydrogens (primary N) is 1. The Hall–Kier alpha value is -0.870. The maximum Gasteiger partial charge on any atom is 0.194 e. The maximum atomic E-state index is 5.50. The minimum absolute atomic E-state index is 0.700. The molecule has 1 aromatic rings. The van der Waals surface area contributed by atoms with Crippen LogP contribution in [0.3, 0.4) is 0 Å². The molecule has 0 bridgehead atoms. The molecule has 0 amide bonds.